The molecule has 0 aliphatic heterocycles. The van der Waals surface area contributed by atoms with Gasteiger partial charge in [-0.15, -0.1) is 0 Å². The number of aryl methyl sites for hydroxylation is 3. The first kappa shape index (κ1) is 10.1. The average Bonchev–Trinajstić information content (AvgIpc) is 2.65. The second kappa shape index (κ2) is 3.96. The largest absolute Gasteiger partial charge is 0.234 e. The molecule has 0 atom stereocenters. The monoisotopic (exact) mass is 204 g/mol. The molecule has 0 unspecified atom stereocenters. The van der Waals surface area contributed by atoms with Gasteiger partial charge in [-0.05, 0) is 12.8 Å². The normalized spacial score (nSPS) is 11.1. The number of imidazole rings is 1. The third-order valence-corrected chi connectivity index (χ3v) is 2.54. The highest BCUT2D eigenvalue weighted by molar-refractivity contribution is 5.44. The highest BCUT2D eigenvalue weighted by Crippen LogP contribution is 2.11. The van der Waals surface area contributed by atoms with E-state index in [4.69, 9.17) is 0 Å². The van der Waals surface area contributed by atoms with Crippen molar-refractivity contribution < 1.29 is 0 Å². The molecule has 0 spiro atoms. The minimum absolute atomic E-state index is 0.892. The Morgan fingerprint density at radius 1 is 1.13 bits per heavy atom. The van der Waals surface area contributed by atoms with E-state index in [2.05, 4.69) is 35.8 Å². The maximum absolute atomic E-state index is 4.54. The molecule has 0 fully saturated rings. The molecule has 0 saturated carbocycles. The van der Waals surface area contributed by atoms with Crippen LogP contribution < -0.4 is 0 Å². The summed E-state index contributed by atoms with van der Waals surface area (Å²) < 4.78 is 1.89. The van der Waals surface area contributed by atoms with Gasteiger partial charge in [0.25, 0.3) is 0 Å². The highest BCUT2D eigenvalue weighted by Gasteiger charge is 2.10. The maximum Gasteiger partial charge on any atom is 0.177 e. The average molecular weight is 204 g/mol. The topological polar surface area (TPSA) is 43.1 Å². The second-order valence-corrected chi connectivity index (χ2v) is 3.52. The molecule has 15 heavy (non-hydrogen) atoms. The van der Waals surface area contributed by atoms with E-state index in [1.165, 1.54) is 0 Å². The molecular formula is C11H16N4. The lowest BCUT2D eigenvalue weighted by Gasteiger charge is -1.99. The predicted molar refractivity (Wildman–Crippen MR) is 58.9 cm³/mol. The quantitative estimate of drug-likeness (QED) is 0.765. The summed E-state index contributed by atoms with van der Waals surface area (Å²) in [5.41, 5.74) is 2.96. The van der Waals surface area contributed by atoms with E-state index in [9.17, 15) is 0 Å². The number of nitrogens with zero attached hydrogens (tertiary/aromatic N) is 4. The molecule has 4 heteroatoms. The SMILES string of the molecule is CCc1cnc2c(CC)nc(CC)n2n1. The number of rotatable bonds is 3. The Morgan fingerprint density at radius 2 is 1.93 bits per heavy atom. The second-order valence-electron chi connectivity index (χ2n) is 3.52. The first-order valence-corrected chi connectivity index (χ1v) is 5.52. The zero-order valence-corrected chi connectivity index (χ0v) is 9.49. The lowest BCUT2D eigenvalue weighted by Crippen LogP contribution is -2.02. The van der Waals surface area contributed by atoms with Crippen LogP contribution in [0.25, 0.3) is 5.65 Å². The molecule has 0 aromatic carbocycles. The molecule has 0 amide bonds. The van der Waals surface area contributed by atoms with E-state index < -0.39 is 0 Å². The lowest BCUT2D eigenvalue weighted by molar-refractivity contribution is 0.777. The Hall–Kier alpha value is -1.45. The number of hydrogen-bond acceptors (Lipinski definition) is 3. The van der Waals surface area contributed by atoms with Crippen molar-refractivity contribution in [3.8, 4) is 0 Å². The summed E-state index contributed by atoms with van der Waals surface area (Å²) in [4.78, 5) is 8.97. The molecule has 0 bridgehead atoms. The summed E-state index contributed by atoms with van der Waals surface area (Å²) >= 11 is 0. The summed E-state index contributed by atoms with van der Waals surface area (Å²) in [6, 6.07) is 0. The van der Waals surface area contributed by atoms with Gasteiger partial charge in [-0.1, -0.05) is 20.8 Å². The third kappa shape index (κ3) is 1.60. The molecule has 2 aromatic rings. The van der Waals surface area contributed by atoms with Crippen molar-refractivity contribution >= 4 is 5.65 Å². The van der Waals surface area contributed by atoms with Gasteiger partial charge in [-0.3, -0.25) is 0 Å². The molecule has 2 rings (SSSR count). The van der Waals surface area contributed by atoms with E-state index in [-0.39, 0.29) is 0 Å². The van der Waals surface area contributed by atoms with Crippen LogP contribution in [-0.2, 0) is 19.3 Å². The first-order valence-electron chi connectivity index (χ1n) is 5.52. The molecular weight excluding hydrogens is 188 g/mol. The highest BCUT2D eigenvalue weighted by atomic mass is 15.3. The van der Waals surface area contributed by atoms with Crippen molar-refractivity contribution in [2.45, 2.75) is 40.0 Å². The van der Waals surface area contributed by atoms with E-state index >= 15 is 0 Å². The number of fused-ring (bicyclic) bond motifs is 1. The molecule has 2 aromatic heterocycles. The Labute approximate surface area is 89.4 Å². The Kier molecular flexibility index (Phi) is 2.66. The van der Waals surface area contributed by atoms with Crippen LogP contribution in [-0.4, -0.2) is 19.6 Å². The fourth-order valence-electron chi connectivity index (χ4n) is 1.65. The van der Waals surface area contributed by atoms with Gasteiger partial charge in [0.2, 0.25) is 0 Å². The summed E-state index contributed by atoms with van der Waals surface area (Å²) in [6.45, 7) is 6.27. The van der Waals surface area contributed by atoms with Crippen molar-refractivity contribution in [2.75, 3.05) is 0 Å². The molecule has 80 valence electrons. The summed E-state index contributed by atoms with van der Waals surface area (Å²) in [5, 5.41) is 4.52. The van der Waals surface area contributed by atoms with Crippen molar-refractivity contribution in [2.24, 2.45) is 0 Å². The molecule has 0 aliphatic carbocycles. The summed E-state index contributed by atoms with van der Waals surface area (Å²) in [7, 11) is 0. The van der Waals surface area contributed by atoms with Gasteiger partial charge in [-0.25, -0.2) is 9.97 Å². The van der Waals surface area contributed by atoms with E-state index in [0.29, 0.717) is 0 Å². The Balaban J connectivity index is 2.68. The van der Waals surface area contributed by atoms with Gasteiger partial charge in [0.1, 0.15) is 5.82 Å². The minimum Gasteiger partial charge on any atom is -0.234 e. The lowest BCUT2D eigenvalue weighted by atomic mass is 10.3. The minimum atomic E-state index is 0.892. The zero-order valence-electron chi connectivity index (χ0n) is 9.49. The molecule has 0 aliphatic rings. The standard InChI is InChI=1S/C11H16N4/c1-4-8-7-12-11-9(5-2)13-10(6-3)15(11)14-8/h7H,4-6H2,1-3H3. The molecule has 0 saturated heterocycles. The van der Waals surface area contributed by atoms with E-state index in [0.717, 1.165) is 42.1 Å². The fourth-order valence-corrected chi connectivity index (χ4v) is 1.65. The zero-order chi connectivity index (χ0) is 10.8. The van der Waals surface area contributed by atoms with Crippen LogP contribution in [0.5, 0.6) is 0 Å². The smallest absolute Gasteiger partial charge is 0.177 e. The van der Waals surface area contributed by atoms with Crippen LogP contribution in [0.2, 0.25) is 0 Å². The molecule has 0 N–H and O–H groups in total. The van der Waals surface area contributed by atoms with Crippen molar-refractivity contribution in [3.05, 3.63) is 23.4 Å². The van der Waals surface area contributed by atoms with Gasteiger partial charge < -0.3 is 0 Å². The predicted octanol–water partition coefficient (Wildman–Crippen LogP) is 1.81. The summed E-state index contributed by atoms with van der Waals surface area (Å²) in [6.07, 6.45) is 4.55. The van der Waals surface area contributed by atoms with Gasteiger partial charge in [0.05, 0.1) is 17.6 Å². The van der Waals surface area contributed by atoms with Crippen LogP contribution in [0.1, 0.15) is 38.0 Å². The van der Waals surface area contributed by atoms with Crippen molar-refractivity contribution in [1.29, 1.82) is 0 Å². The van der Waals surface area contributed by atoms with Crippen LogP contribution in [0.4, 0.5) is 0 Å². The molecule has 0 radical (unpaired) electrons. The summed E-state index contributed by atoms with van der Waals surface area (Å²) in [5.74, 6) is 1.00. The van der Waals surface area contributed by atoms with E-state index in [1.807, 2.05) is 10.7 Å². The van der Waals surface area contributed by atoms with Gasteiger partial charge in [-0.2, -0.15) is 9.61 Å². The Morgan fingerprint density at radius 3 is 2.53 bits per heavy atom. The number of aromatic nitrogens is 4. The fraction of sp³-hybridized carbons (Fsp3) is 0.545. The van der Waals surface area contributed by atoms with Gasteiger partial charge >= 0.3 is 0 Å². The van der Waals surface area contributed by atoms with Crippen LogP contribution in [0, 0.1) is 0 Å². The van der Waals surface area contributed by atoms with Gasteiger partial charge in [0, 0.05) is 6.42 Å². The van der Waals surface area contributed by atoms with Crippen LogP contribution in [0.15, 0.2) is 6.20 Å². The third-order valence-electron chi connectivity index (χ3n) is 2.54. The van der Waals surface area contributed by atoms with Crippen LogP contribution in [0.3, 0.4) is 0 Å². The van der Waals surface area contributed by atoms with E-state index in [1.54, 1.807) is 0 Å². The Bertz CT molecular complexity index is 473. The van der Waals surface area contributed by atoms with Crippen molar-refractivity contribution in [3.63, 3.8) is 0 Å². The van der Waals surface area contributed by atoms with Crippen molar-refractivity contribution in [1.82, 2.24) is 19.6 Å². The van der Waals surface area contributed by atoms with Crippen LogP contribution >= 0.6 is 0 Å². The molecule has 2 heterocycles. The first-order chi connectivity index (χ1) is 7.30. The molecule has 4 nitrogen and oxygen atoms in total. The maximum atomic E-state index is 4.54. The number of hydrogen-bond donors (Lipinski definition) is 0. The van der Waals surface area contributed by atoms with Gasteiger partial charge in [0.15, 0.2) is 5.65 Å².